The minimum Gasteiger partial charge on any atom is -0.305 e. The maximum absolute atomic E-state index is 12.3. The molecule has 2 heterocycles. The van der Waals surface area contributed by atoms with Gasteiger partial charge in [-0.15, -0.1) is 0 Å². The molecule has 0 aliphatic rings. The molecule has 2 atom stereocenters. The zero-order chi connectivity index (χ0) is 15.4. The summed E-state index contributed by atoms with van der Waals surface area (Å²) in [5.74, 6) is 0.0496. The van der Waals surface area contributed by atoms with E-state index in [1.54, 1.807) is 43.7 Å². The van der Waals surface area contributed by atoms with Crippen molar-refractivity contribution in [3.05, 3.63) is 30.7 Å². The predicted octanol–water partition coefficient (Wildman–Crippen LogP) is 2.18. The third kappa shape index (κ3) is 3.95. The number of aromatic nitrogens is 2. The summed E-state index contributed by atoms with van der Waals surface area (Å²) in [6, 6.07) is 3.78. The molecule has 0 aliphatic carbocycles. The van der Waals surface area contributed by atoms with Crippen LogP contribution in [0.2, 0.25) is 0 Å². The number of thiazole rings is 1. The van der Waals surface area contributed by atoms with Crippen LogP contribution in [-0.4, -0.2) is 39.1 Å². The molecule has 112 valence electrons. The molecule has 1 amide bonds. The normalized spacial score (nSPS) is 13.7. The molecule has 2 rings (SSSR count). The molecule has 0 aromatic carbocycles. The van der Waals surface area contributed by atoms with Crippen molar-refractivity contribution in [1.82, 2.24) is 9.97 Å². The summed E-state index contributed by atoms with van der Waals surface area (Å²) in [7, 11) is 0.739. The smallest absolute Gasteiger partial charge is 0.231 e. The van der Waals surface area contributed by atoms with Crippen LogP contribution in [0.15, 0.2) is 30.7 Å². The summed E-state index contributed by atoms with van der Waals surface area (Å²) >= 11 is 1.44. The zero-order valence-electron chi connectivity index (χ0n) is 12.1. The van der Waals surface area contributed by atoms with Gasteiger partial charge < -0.3 is 4.90 Å². The minimum absolute atomic E-state index is 0.0495. The lowest BCUT2D eigenvalue weighted by Gasteiger charge is -2.18. The monoisotopic (exact) mass is 323 g/mol. The van der Waals surface area contributed by atoms with Gasteiger partial charge in [-0.1, -0.05) is 18.3 Å². The molecule has 0 saturated heterocycles. The second-order valence-corrected chi connectivity index (χ2v) is 7.27. The number of amides is 1. The van der Waals surface area contributed by atoms with Crippen molar-refractivity contribution in [1.29, 1.82) is 0 Å². The van der Waals surface area contributed by atoms with Crippen molar-refractivity contribution >= 4 is 33.0 Å². The second kappa shape index (κ2) is 6.91. The Balaban J connectivity index is 2.14. The summed E-state index contributed by atoms with van der Waals surface area (Å²) in [5.41, 5.74) is 0.928. The van der Waals surface area contributed by atoms with Gasteiger partial charge in [-0.2, -0.15) is 0 Å². The highest BCUT2D eigenvalue weighted by atomic mass is 32.2. The van der Waals surface area contributed by atoms with Gasteiger partial charge in [0.2, 0.25) is 5.91 Å². The molecule has 0 bridgehead atoms. The van der Waals surface area contributed by atoms with Crippen LogP contribution in [0.1, 0.15) is 6.92 Å². The molecule has 7 heteroatoms. The van der Waals surface area contributed by atoms with Crippen molar-refractivity contribution in [3.8, 4) is 10.6 Å². The highest BCUT2D eigenvalue weighted by Crippen LogP contribution is 2.30. The summed E-state index contributed by atoms with van der Waals surface area (Å²) in [6.07, 6.45) is 6.74. The van der Waals surface area contributed by atoms with E-state index >= 15 is 0 Å². The van der Waals surface area contributed by atoms with E-state index in [1.807, 2.05) is 12.1 Å². The lowest BCUT2D eigenvalue weighted by atomic mass is 10.2. The maximum Gasteiger partial charge on any atom is 0.231 e. The van der Waals surface area contributed by atoms with Crippen molar-refractivity contribution in [3.63, 3.8) is 0 Å². The number of rotatable bonds is 5. The van der Waals surface area contributed by atoms with E-state index in [2.05, 4.69) is 9.97 Å². The van der Waals surface area contributed by atoms with Gasteiger partial charge in [0.25, 0.3) is 0 Å². The van der Waals surface area contributed by atoms with Crippen LogP contribution >= 0.6 is 11.3 Å². The van der Waals surface area contributed by atoms with Gasteiger partial charge in [-0.25, -0.2) is 4.98 Å². The standard InChI is InChI=1S/C14H17N3O2S2/c1-10(9-21(3)19)14(18)17(2)12-8-16-13(20-12)11-5-4-6-15-7-11/h4-8,10H,9H2,1-3H3. The molecule has 0 saturated carbocycles. The first-order valence-corrected chi connectivity index (χ1v) is 8.97. The molecule has 2 aromatic rings. The lowest BCUT2D eigenvalue weighted by Crippen LogP contribution is -2.33. The van der Waals surface area contributed by atoms with Gasteiger partial charge in [0.15, 0.2) is 0 Å². The van der Waals surface area contributed by atoms with Gasteiger partial charge in [0, 0.05) is 53.7 Å². The molecule has 0 aliphatic heterocycles. The summed E-state index contributed by atoms with van der Waals surface area (Å²) < 4.78 is 11.2. The maximum atomic E-state index is 12.3. The van der Waals surface area contributed by atoms with Gasteiger partial charge >= 0.3 is 0 Å². The Bertz CT molecular complexity index is 643. The average molecular weight is 323 g/mol. The summed E-state index contributed by atoms with van der Waals surface area (Å²) in [5, 5.41) is 1.59. The Morgan fingerprint density at radius 2 is 2.24 bits per heavy atom. The fraction of sp³-hybridized carbons (Fsp3) is 0.357. The number of carbonyl (C=O) groups excluding carboxylic acids is 1. The van der Waals surface area contributed by atoms with Crippen molar-refractivity contribution in [2.24, 2.45) is 5.92 Å². The van der Waals surface area contributed by atoms with Crippen LogP contribution in [0.5, 0.6) is 0 Å². The second-order valence-electron chi connectivity index (χ2n) is 4.78. The molecule has 0 fully saturated rings. The number of hydrogen-bond acceptors (Lipinski definition) is 5. The van der Waals surface area contributed by atoms with Gasteiger partial charge in [-0.3, -0.25) is 14.0 Å². The first-order chi connectivity index (χ1) is 9.99. The van der Waals surface area contributed by atoms with Crippen LogP contribution in [0.25, 0.3) is 10.6 Å². The van der Waals surface area contributed by atoms with E-state index in [0.29, 0.717) is 5.75 Å². The Morgan fingerprint density at radius 3 is 2.86 bits per heavy atom. The Labute approximate surface area is 130 Å². The fourth-order valence-electron chi connectivity index (χ4n) is 1.91. The quantitative estimate of drug-likeness (QED) is 0.846. The Hall–Kier alpha value is -1.60. The molecular formula is C14H17N3O2S2. The third-order valence-corrected chi connectivity index (χ3v) is 5.06. The Kier molecular flexibility index (Phi) is 5.19. The SMILES string of the molecule is CC(CS(C)=O)C(=O)N(C)c1cnc(-c2cccnc2)s1. The number of pyridine rings is 1. The minimum atomic E-state index is -0.982. The number of hydrogen-bond donors (Lipinski definition) is 0. The number of anilines is 1. The van der Waals surface area contributed by atoms with Crippen molar-refractivity contribution in [2.45, 2.75) is 6.92 Å². The molecular weight excluding hydrogens is 306 g/mol. The first kappa shape index (κ1) is 15.8. The van der Waals surface area contributed by atoms with E-state index < -0.39 is 10.8 Å². The van der Waals surface area contributed by atoms with Gasteiger partial charge in [0.1, 0.15) is 10.0 Å². The predicted molar refractivity (Wildman–Crippen MR) is 86.9 cm³/mol. The summed E-state index contributed by atoms with van der Waals surface area (Å²) in [6.45, 7) is 1.79. The molecule has 2 aromatic heterocycles. The van der Waals surface area contributed by atoms with Crippen LogP contribution in [0.4, 0.5) is 5.00 Å². The van der Waals surface area contributed by atoms with Crippen LogP contribution in [0, 0.1) is 5.92 Å². The average Bonchev–Trinajstić information content (AvgIpc) is 2.95. The largest absolute Gasteiger partial charge is 0.305 e. The van der Waals surface area contributed by atoms with Crippen LogP contribution < -0.4 is 4.90 Å². The highest BCUT2D eigenvalue weighted by Gasteiger charge is 2.21. The van der Waals surface area contributed by atoms with Crippen LogP contribution in [-0.2, 0) is 15.6 Å². The molecule has 2 unspecified atom stereocenters. The number of carbonyl (C=O) groups is 1. The van der Waals surface area contributed by atoms with E-state index in [1.165, 1.54) is 11.3 Å². The topological polar surface area (TPSA) is 63.2 Å². The van der Waals surface area contributed by atoms with Gasteiger partial charge in [0.05, 0.1) is 6.20 Å². The molecule has 0 spiro atoms. The third-order valence-electron chi connectivity index (χ3n) is 2.97. The zero-order valence-corrected chi connectivity index (χ0v) is 13.8. The van der Waals surface area contributed by atoms with Crippen molar-refractivity contribution in [2.75, 3.05) is 24.0 Å². The van der Waals surface area contributed by atoms with E-state index in [-0.39, 0.29) is 11.8 Å². The number of nitrogens with zero attached hydrogens (tertiary/aromatic N) is 3. The van der Waals surface area contributed by atoms with Crippen LogP contribution in [0.3, 0.4) is 0 Å². The molecule has 21 heavy (non-hydrogen) atoms. The van der Waals surface area contributed by atoms with E-state index in [4.69, 9.17) is 0 Å². The highest BCUT2D eigenvalue weighted by molar-refractivity contribution is 7.84. The fourth-order valence-corrected chi connectivity index (χ4v) is 3.63. The van der Waals surface area contributed by atoms with Crippen molar-refractivity contribution < 1.29 is 9.00 Å². The first-order valence-electron chi connectivity index (χ1n) is 6.43. The van der Waals surface area contributed by atoms with E-state index in [9.17, 15) is 9.00 Å². The van der Waals surface area contributed by atoms with Gasteiger partial charge in [-0.05, 0) is 12.1 Å². The summed E-state index contributed by atoms with van der Waals surface area (Å²) in [4.78, 5) is 22.3. The van der Waals surface area contributed by atoms with E-state index in [0.717, 1.165) is 15.6 Å². The molecule has 0 radical (unpaired) electrons. The lowest BCUT2D eigenvalue weighted by molar-refractivity contribution is -0.120. The molecule has 0 N–H and O–H groups in total. The Morgan fingerprint density at radius 1 is 1.48 bits per heavy atom. The molecule has 5 nitrogen and oxygen atoms in total.